The minimum absolute atomic E-state index is 0.373. The maximum atomic E-state index is 5.73. The number of hydrogen-bond donors (Lipinski definition) is 0. The van der Waals surface area contributed by atoms with E-state index >= 15 is 0 Å². The Morgan fingerprint density at radius 3 is 2.38 bits per heavy atom. The third kappa shape index (κ3) is 1.75. The Balaban J connectivity index is 2.18. The second kappa shape index (κ2) is 3.51. The van der Waals surface area contributed by atoms with Gasteiger partial charge in [-0.05, 0) is 25.8 Å². The van der Waals surface area contributed by atoms with Crippen LogP contribution in [0.2, 0.25) is 0 Å². The summed E-state index contributed by atoms with van der Waals surface area (Å²) in [6, 6.07) is 10.7. The van der Waals surface area contributed by atoms with Crippen molar-refractivity contribution in [3.63, 3.8) is 0 Å². The average Bonchev–Trinajstić information content (AvgIpc) is 2.47. The molecule has 13 heavy (non-hydrogen) atoms. The van der Waals surface area contributed by atoms with Gasteiger partial charge in [0, 0.05) is 5.92 Å². The molecular formula is C12H16O. The highest BCUT2D eigenvalue weighted by Gasteiger charge is 2.30. The van der Waals surface area contributed by atoms with Crippen LogP contribution in [0.5, 0.6) is 0 Å². The number of rotatable bonds is 1. The number of ether oxygens (including phenoxy) is 1. The monoisotopic (exact) mass is 176 g/mol. The van der Waals surface area contributed by atoms with Crippen LogP contribution in [0, 0.1) is 0 Å². The molecule has 0 amide bonds. The standard InChI is InChI=1S/C12H16O/c1-9-8-12(10(2)13-9)11-6-4-3-5-7-11/h3-7,9-10,12H,8H2,1-2H3/t9?,10-,12?/m0/s1. The Hall–Kier alpha value is -0.820. The normalized spacial score (nSPS) is 33.5. The van der Waals surface area contributed by atoms with Crippen LogP contribution in [0.3, 0.4) is 0 Å². The Kier molecular flexibility index (Phi) is 2.36. The maximum absolute atomic E-state index is 5.73. The quantitative estimate of drug-likeness (QED) is 0.639. The average molecular weight is 176 g/mol. The van der Waals surface area contributed by atoms with Crippen LogP contribution < -0.4 is 0 Å². The molecule has 1 nitrogen and oxygen atoms in total. The molecule has 1 aromatic carbocycles. The first-order valence-electron chi connectivity index (χ1n) is 4.98. The van der Waals surface area contributed by atoms with E-state index < -0.39 is 0 Å². The molecule has 3 atom stereocenters. The lowest BCUT2D eigenvalue weighted by molar-refractivity contribution is 0.0632. The topological polar surface area (TPSA) is 9.23 Å². The maximum Gasteiger partial charge on any atom is 0.0620 e. The first-order valence-corrected chi connectivity index (χ1v) is 4.98. The molecule has 0 radical (unpaired) electrons. The van der Waals surface area contributed by atoms with Crippen LogP contribution in [0.1, 0.15) is 31.7 Å². The highest BCUT2D eigenvalue weighted by molar-refractivity contribution is 5.21. The summed E-state index contributed by atoms with van der Waals surface area (Å²) in [7, 11) is 0. The third-order valence-electron chi connectivity index (χ3n) is 2.83. The van der Waals surface area contributed by atoms with E-state index in [0.29, 0.717) is 18.1 Å². The van der Waals surface area contributed by atoms with Crippen molar-refractivity contribution in [2.24, 2.45) is 0 Å². The molecular weight excluding hydrogens is 160 g/mol. The van der Waals surface area contributed by atoms with Gasteiger partial charge in [-0.2, -0.15) is 0 Å². The van der Waals surface area contributed by atoms with Crippen LogP contribution in [0.25, 0.3) is 0 Å². The summed E-state index contributed by atoms with van der Waals surface area (Å²) < 4.78 is 5.73. The lowest BCUT2D eigenvalue weighted by Gasteiger charge is -2.13. The summed E-state index contributed by atoms with van der Waals surface area (Å²) in [5, 5.41) is 0. The van der Waals surface area contributed by atoms with Gasteiger partial charge in [-0.15, -0.1) is 0 Å². The molecule has 0 saturated carbocycles. The van der Waals surface area contributed by atoms with Crippen molar-refractivity contribution in [2.75, 3.05) is 0 Å². The highest BCUT2D eigenvalue weighted by atomic mass is 16.5. The predicted molar refractivity (Wildman–Crippen MR) is 53.8 cm³/mol. The second-order valence-corrected chi connectivity index (χ2v) is 3.90. The van der Waals surface area contributed by atoms with E-state index in [9.17, 15) is 0 Å². The van der Waals surface area contributed by atoms with E-state index in [1.807, 2.05) is 0 Å². The minimum atomic E-state index is 0.373. The Morgan fingerprint density at radius 1 is 1.15 bits per heavy atom. The van der Waals surface area contributed by atoms with Gasteiger partial charge in [0.2, 0.25) is 0 Å². The molecule has 1 saturated heterocycles. The molecule has 1 aliphatic heterocycles. The van der Waals surface area contributed by atoms with Crippen molar-refractivity contribution in [3.8, 4) is 0 Å². The molecule has 1 aliphatic rings. The molecule has 0 N–H and O–H groups in total. The molecule has 0 aromatic heterocycles. The van der Waals surface area contributed by atoms with Gasteiger partial charge in [0.05, 0.1) is 12.2 Å². The van der Waals surface area contributed by atoms with Crippen LogP contribution >= 0.6 is 0 Å². The largest absolute Gasteiger partial charge is 0.375 e. The smallest absolute Gasteiger partial charge is 0.0620 e. The molecule has 1 aromatic rings. The Bertz CT molecular complexity index is 268. The van der Waals surface area contributed by atoms with Gasteiger partial charge in [-0.1, -0.05) is 30.3 Å². The lowest BCUT2D eigenvalue weighted by atomic mass is 9.92. The van der Waals surface area contributed by atoms with E-state index in [4.69, 9.17) is 4.74 Å². The predicted octanol–water partition coefficient (Wildman–Crippen LogP) is 2.97. The fraction of sp³-hybridized carbons (Fsp3) is 0.500. The minimum Gasteiger partial charge on any atom is -0.375 e. The molecule has 2 unspecified atom stereocenters. The van der Waals surface area contributed by atoms with Gasteiger partial charge in [0.15, 0.2) is 0 Å². The van der Waals surface area contributed by atoms with Gasteiger partial charge in [0.25, 0.3) is 0 Å². The molecule has 0 spiro atoms. The van der Waals surface area contributed by atoms with Crippen molar-refractivity contribution < 1.29 is 4.74 Å². The Labute approximate surface area is 79.7 Å². The fourth-order valence-corrected chi connectivity index (χ4v) is 2.17. The zero-order valence-electron chi connectivity index (χ0n) is 8.23. The summed E-state index contributed by atoms with van der Waals surface area (Å²) in [6.07, 6.45) is 1.95. The van der Waals surface area contributed by atoms with Gasteiger partial charge in [-0.25, -0.2) is 0 Å². The van der Waals surface area contributed by atoms with E-state index in [0.717, 1.165) is 6.42 Å². The summed E-state index contributed by atoms with van der Waals surface area (Å²) in [4.78, 5) is 0. The van der Waals surface area contributed by atoms with E-state index in [1.165, 1.54) is 5.56 Å². The fourth-order valence-electron chi connectivity index (χ4n) is 2.17. The zero-order chi connectivity index (χ0) is 9.26. The van der Waals surface area contributed by atoms with Crippen molar-refractivity contribution in [3.05, 3.63) is 35.9 Å². The molecule has 0 bridgehead atoms. The SMILES string of the molecule is CC1CC(c2ccccc2)[C@H](C)O1. The number of benzene rings is 1. The van der Waals surface area contributed by atoms with Gasteiger partial charge in [-0.3, -0.25) is 0 Å². The molecule has 1 heterocycles. The third-order valence-corrected chi connectivity index (χ3v) is 2.83. The van der Waals surface area contributed by atoms with Gasteiger partial charge >= 0.3 is 0 Å². The second-order valence-electron chi connectivity index (χ2n) is 3.90. The summed E-state index contributed by atoms with van der Waals surface area (Å²) in [5.74, 6) is 0.594. The van der Waals surface area contributed by atoms with Crippen LogP contribution in [0.4, 0.5) is 0 Å². The van der Waals surface area contributed by atoms with E-state index in [2.05, 4.69) is 44.2 Å². The summed E-state index contributed by atoms with van der Waals surface area (Å²) in [5.41, 5.74) is 1.42. The lowest BCUT2D eigenvalue weighted by Crippen LogP contribution is -2.09. The van der Waals surface area contributed by atoms with E-state index in [1.54, 1.807) is 0 Å². The molecule has 70 valence electrons. The van der Waals surface area contributed by atoms with Crippen molar-refractivity contribution in [1.29, 1.82) is 0 Å². The highest BCUT2D eigenvalue weighted by Crippen LogP contribution is 2.34. The first-order chi connectivity index (χ1) is 6.27. The zero-order valence-corrected chi connectivity index (χ0v) is 8.23. The number of hydrogen-bond acceptors (Lipinski definition) is 1. The molecule has 1 fully saturated rings. The summed E-state index contributed by atoms with van der Waals surface area (Å²) in [6.45, 7) is 4.32. The van der Waals surface area contributed by atoms with Crippen molar-refractivity contribution in [2.45, 2.75) is 38.4 Å². The van der Waals surface area contributed by atoms with Crippen molar-refractivity contribution in [1.82, 2.24) is 0 Å². The first kappa shape index (κ1) is 8.76. The Morgan fingerprint density at radius 2 is 1.85 bits per heavy atom. The molecule has 1 heteroatoms. The van der Waals surface area contributed by atoms with Crippen LogP contribution in [-0.4, -0.2) is 12.2 Å². The van der Waals surface area contributed by atoms with Crippen molar-refractivity contribution >= 4 is 0 Å². The molecule has 0 aliphatic carbocycles. The molecule has 2 rings (SSSR count). The summed E-state index contributed by atoms with van der Waals surface area (Å²) >= 11 is 0. The van der Waals surface area contributed by atoms with Gasteiger partial charge < -0.3 is 4.74 Å². The van der Waals surface area contributed by atoms with Crippen LogP contribution in [0.15, 0.2) is 30.3 Å². The van der Waals surface area contributed by atoms with Crippen LogP contribution in [-0.2, 0) is 4.74 Å². The van der Waals surface area contributed by atoms with Gasteiger partial charge in [0.1, 0.15) is 0 Å². The van der Waals surface area contributed by atoms with E-state index in [-0.39, 0.29) is 0 Å².